The third kappa shape index (κ3) is 1.73. The number of aryl methyl sites for hydroxylation is 2. The van der Waals surface area contributed by atoms with Crippen molar-refractivity contribution in [3.8, 4) is 0 Å². The summed E-state index contributed by atoms with van der Waals surface area (Å²) < 4.78 is 2.32. The molecule has 0 spiro atoms. The Bertz CT molecular complexity index is 515. The van der Waals surface area contributed by atoms with Crippen LogP contribution in [0.3, 0.4) is 0 Å². The SMILES string of the molecule is CCn1c(C(C)(C)C)nc2ccc(C)cc21. The second-order valence-corrected chi connectivity index (χ2v) is 5.42. The van der Waals surface area contributed by atoms with Gasteiger partial charge in [-0.2, -0.15) is 0 Å². The molecule has 0 atom stereocenters. The number of nitrogens with zero attached hydrogens (tertiary/aromatic N) is 2. The van der Waals surface area contributed by atoms with E-state index in [0.717, 1.165) is 12.1 Å². The molecule has 2 heteroatoms. The van der Waals surface area contributed by atoms with Gasteiger partial charge in [0, 0.05) is 12.0 Å². The smallest absolute Gasteiger partial charge is 0.115 e. The number of benzene rings is 1. The largest absolute Gasteiger partial charge is 0.328 e. The van der Waals surface area contributed by atoms with Crippen LogP contribution >= 0.6 is 0 Å². The Kier molecular flexibility index (Phi) is 2.53. The Balaban J connectivity index is 2.77. The van der Waals surface area contributed by atoms with E-state index in [0.29, 0.717) is 0 Å². The lowest BCUT2D eigenvalue weighted by Gasteiger charge is -2.19. The minimum Gasteiger partial charge on any atom is -0.328 e. The molecule has 0 unspecified atom stereocenters. The second-order valence-electron chi connectivity index (χ2n) is 5.42. The molecule has 0 aliphatic rings. The molecule has 0 amide bonds. The molecule has 0 bridgehead atoms. The first-order valence-corrected chi connectivity index (χ1v) is 5.91. The van der Waals surface area contributed by atoms with E-state index < -0.39 is 0 Å². The zero-order valence-corrected chi connectivity index (χ0v) is 10.8. The zero-order chi connectivity index (χ0) is 11.9. The van der Waals surface area contributed by atoms with E-state index in [1.807, 2.05) is 0 Å². The summed E-state index contributed by atoms with van der Waals surface area (Å²) in [6.45, 7) is 11.9. The van der Waals surface area contributed by atoms with Gasteiger partial charge in [0.2, 0.25) is 0 Å². The van der Waals surface area contributed by atoms with Crippen molar-refractivity contribution in [2.45, 2.75) is 46.6 Å². The van der Waals surface area contributed by atoms with Crippen molar-refractivity contribution in [1.29, 1.82) is 0 Å². The lowest BCUT2D eigenvalue weighted by atomic mass is 9.96. The molecule has 0 aliphatic heterocycles. The van der Waals surface area contributed by atoms with Crippen LogP contribution in [-0.2, 0) is 12.0 Å². The predicted octanol–water partition coefficient (Wildman–Crippen LogP) is 3.66. The van der Waals surface area contributed by atoms with Crippen LogP contribution < -0.4 is 0 Å². The summed E-state index contributed by atoms with van der Waals surface area (Å²) in [5.74, 6) is 1.18. The highest BCUT2D eigenvalue weighted by molar-refractivity contribution is 5.77. The number of imidazole rings is 1. The molecule has 86 valence electrons. The normalized spacial score (nSPS) is 12.3. The van der Waals surface area contributed by atoms with Gasteiger partial charge in [0.05, 0.1) is 11.0 Å². The molecule has 2 nitrogen and oxygen atoms in total. The minimum atomic E-state index is 0.100. The van der Waals surface area contributed by atoms with Crippen LogP contribution in [0.5, 0.6) is 0 Å². The van der Waals surface area contributed by atoms with Crippen molar-refractivity contribution >= 4 is 11.0 Å². The molecule has 16 heavy (non-hydrogen) atoms. The fourth-order valence-electron chi connectivity index (χ4n) is 2.13. The van der Waals surface area contributed by atoms with E-state index >= 15 is 0 Å². The van der Waals surface area contributed by atoms with Gasteiger partial charge >= 0.3 is 0 Å². The number of hydrogen-bond acceptors (Lipinski definition) is 1. The summed E-state index contributed by atoms with van der Waals surface area (Å²) in [4.78, 5) is 4.76. The molecule has 1 heterocycles. The van der Waals surface area contributed by atoms with E-state index in [1.54, 1.807) is 0 Å². The number of rotatable bonds is 1. The summed E-state index contributed by atoms with van der Waals surface area (Å²) in [5, 5.41) is 0. The molecule has 0 aliphatic carbocycles. The third-order valence-corrected chi connectivity index (χ3v) is 2.89. The number of fused-ring (bicyclic) bond motifs is 1. The quantitative estimate of drug-likeness (QED) is 0.711. The summed E-state index contributed by atoms with van der Waals surface area (Å²) in [7, 11) is 0. The van der Waals surface area contributed by atoms with Gasteiger partial charge < -0.3 is 4.57 Å². The molecule has 0 fully saturated rings. The van der Waals surface area contributed by atoms with Crippen molar-refractivity contribution < 1.29 is 0 Å². The van der Waals surface area contributed by atoms with Crippen molar-refractivity contribution in [1.82, 2.24) is 9.55 Å². The van der Waals surface area contributed by atoms with E-state index in [9.17, 15) is 0 Å². The molecular weight excluding hydrogens is 196 g/mol. The standard InChI is InChI=1S/C14H20N2/c1-6-16-12-9-10(2)7-8-11(12)15-13(16)14(3,4)5/h7-9H,6H2,1-5H3. The molecule has 0 saturated heterocycles. The summed E-state index contributed by atoms with van der Waals surface area (Å²) in [5.41, 5.74) is 3.76. The maximum Gasteiger partial charge on any atom is 0.115 e. The van der Waals surface area contributed by atoms with Gasteiger partial charge in [0.15, 0.2) is 0 Å². The summed E-state index contributed by atoms with van der Waals surface area (Å²) in [6, 6.07) is 6.47. The third-order valence-electron chi connectivity index (χ3n) is 2.89. The summed E-state index contributed by atoms with van der Waals surface area (Å²) in [6.07, 6.45) is 0. The Hall–Kier alpha value is -1.31. The topological polar surface area (TPSA) is 17.8 Å². The van der Waals surface area contributed by atoms with Crippen LogP contribution in [0.15, 0.2) is 18.2 Å². The maximum absolute atomic E-state index is 4.76. The van der Waals surface area contributed by atoms with Gasteiger partial charge in [0.1, 0.15) is 5.82 Å². The highest BCUT2D eigenvalue weighted by Gasteiger charge is 2.21. The average Bonchev–Trinajstić information content (AvgIpc) is 2.54. The Morgan fingerprint density at radius 3 is 2.50 bits per heavy atom. The van der Waals surface area contributed by atoms with Gasteiger partial charge in [0.25, 0.3) is 0 Å². The molecule has 2 rings (SSSR count). The molecule has 2 aromatic rings. The predicted molar refractivity (Wildman–Crippen MR) is 68.8 cm³/mol. The molecule has 0 N–H and O–H groups in total. The molecule has 1 aromatic carbocycles. The van der Waals surface area contributed by atoms with Gasteiger partial charge in [-0.3, -0.25) is 0 Å². The Morgan fingerprint density at radius 2 is 1.94 bits per heavy atom. The number of aromatic nitrogens is 2. The van der Waals surface area contributed by atoms with Crippen molar-refractivity contribution in [2.24, 2.45) is 0 Å². The molecule has 0 radical (unpaired) electrons. The Morgan fingerprint density at radius 1 is 1.25 bits per heavy atom. The van der Waals surface area contributed by atoms with Crippen LogP contribution in [-0.4, -0.2) is 9.55 Å². The highest BCUT2D eigenvalue weighted by atomic mass is 15.1. The fraction of sp³-hybridized carbons (Fsp3) is 0.500. The first-order valence-electron chi connectivity index (χ1n) is 5.91. The van der Waals surface area contributed by atoms with E-state index in [4.69, 9.17) is 4.98 Å². The zero-order valence-electron chi connectivity index (χ0n) is 10.8. The van der Waals surface area contributed by atoms with Crippen LogP contribution in [0.1, 0.15) is 39.1 Å². The average molecular weight is 216 g/mol. The minimum absolute atomic E-state index is 0.100. The van der Waals surface area contributed by atoms with Crippen LogP contribution in [0, 0.1) is 6.92 Å². The van der Waals surface area contributed by atoms with Gasteiger partial charge in [-0.05, 0) is 31.5 Å². The van der Waals surface area contributed by atoms with E-state index in [1.165, 1.54) is 16.9 Å². The van der Waals surface area contributed by atoms with Crippen LogP contribution in [0.2, 0.25) is 0 Å². The molecular formula is C14H20N2. The maximum atomic E-state index is 4.76. The van der Waals surface area contributed by atoms with Gasteiger partial charge in [-0.1, -0.05) is 26.8 Å². The Labute approximate surface area is 97.3 Å². The van der Waals surface area contributed by atoms with Gasteiger partial charge in [-0.25, -0.2) is 4.98 Å². The van der Waals surface area contributed by atoms with Crippen LogP contribution in [0.4, 0.5) is 0 Å². The van der Waals surface area contributed by atoms with Crippen molar-refractivity contribution in [3.05, 3.63) is 29.6 Å². The van der Waals surface area contributed by atoms with Crippen LogP contribution in [0.25, 0.3) is 11.0 Å². The fourth-order valence-corrected chi connectivity index (χ4v) is 2.13. The second kappa shape index (κ2) is 3.62. The monoisotopic (exact) mass is 216 g/mol. The lowest BCUT2D eigenvalue weighted by Crippen LogP contribution is -2.18. The molecule has 1 aromatic heterocycles. The van der Waals surface area contributed by atoms with Gasteiger partial charge in [-0.15, -0.1) is 0 Å². The van der Waals surface area contributed by atoms with Crippen molar-refractivity contribution in [2.75, 3.05) is 0 Å². The first-order chi connectivity index (χ1) is 7.43. The first kappa shape index (κ1) is 11.2. The highest BCUT2D eigenvalue weighted by Crippen LogP contribution is 2.26. The lowest BCUT2D eigenvalue weighted by molar-refractivity contribution is 0.512. The summed E-state index contributed by atoms with van der Waals surface area (Å²) >= 11 is 0. The van der Waals surface area contributed by atoms with Crippen molar-refractivity contribution in [3.63, 3.8) is 0 Å². The number of hydrogen-bond donors (Lipinski definition) is 0. The van der Waals surface area contributed by atoms with E-state index in [2.05, 4.69) is 57.4 Å². The molecule has 0 saturated carbocycles. The van der Waals surface area contributed by atoms with E-state index in [-0.39, 0.29) is 5.41 Å².